The Kier molecular flexibility index (Phi) is 5.32. The first-order valence-corrected chi connectivity index (χ1v) is 8.07. The Labute approximate surface area is 114 Å². The van der Waals surface area contributed by atoms with E-state index >= 15 is 0 Å². The quantitative estimate of drug-likeness (QED) is 0.731. The molecule has 2 rings (SSSR count). The molecule has 0 radical (unpaired) electrons. The molecule has 4 heteroatoms. The van der Waals surface area contributed by atoms with E-state index in [1.807, 2.05) is 18.0 Å². The molecule has 0 aromatic carbocycles. The number of hydrogen-bond donors (Lipinski definition) is 1. The number of anilines is 1. The Morgan fingerprint density at radius 3 is 2.89 bits per heavy atom. The van der Waals surface area contributed by atoms with Crippen LogP contribution in [0.25, 0.3) is 0 Å². The lowest BCUT2D eigenvalue weighted by molar-refractivity contribution is 0.685. The van der Waals surface area contributed by atoms with Gasteiger partial charge in [-0.05, 0) is 42.9 Å². The van der Waals surface area contributed by atoms with Crippen molar-refractivity contribution >= 4 is 17.6 Å². The van der Waals surface area contributed by atoms with Gasteiger partial charge in [-0.2, -0.15) is 11.8 Å². The number of nitrogens with zero attached hydrogens (tertiary/aromatic N) is 2. The Morgan fingerprint density at radius 2 is 2.28 bits per heavy atom. The molecule has 1 aromatic rings. The molecule has 0 aliphatic heterocycles. The van der Waals surface area contributed by atoms with Gasteiger partial charge in [0.25, 0.3) is 0 Å². The fraction of sp³-hybridized carbons (Fsp3) is 0.643. The average molecular weight is 265 g/mol. The summed E-state index contributed by atoms with van der Waals surface area (Å²) in [5.41, 5.74) is 1.28. The summed E-state index contributed by atoms with van der Waals surface area (Å²) in [5.74, 6) is 2.29. The van der Waals surface area contributed by atoms with Crippen molar-refractivity contribution in [2.24, 2.45) is 0 Å². The van der Waals surface area contributed by atoms with Gasteiger partial charge in [-0.3, -0.25) is 0 Å². The average Bonchev–Trinajstić information content (AvgIpc) is 3.21. The van der Waals surface area contributed by atoms with Crippen LogP contribution in [0, 0.1) is 0 Å². The van der Waals surface area contributed by atoms with Gasteiger partial charge >= 0.3 is 0 Å². The van der Waals surface area contributed by atoms with Crippen LogP contribution in [0.1, 0.15) is 24.8 Å². The van der Waals surface area contributed by atoms with E-state index in [0.29, 0.717) is 0 Å². The van der Waals surface area contributed by atoms with Crippen molar-refractivity contribution in [1.29, 1.82) is 0 Å². The summed E-state index contributed by atoms with van der Waals surface area (Å²) in [5, 5.41) is 3.51. The van der Waals surface area contributed by atoms with Gasteiger partial charge < -0.3 is 10.2 Å². The molecular formula is C14H23N3S. The van der Waals surface area contributed by atoms with Gasteiger partial charge in [0.05, 0.1) is 0 Å². The zero-order valence-corrected chi connectivity index (χ0v) is 12.2. The molecule has 0 unspecified atom stereocenters. The summed E-state index contributed by atoms with van der Waals surface area (Å²) >= 11 is 1.90. The molecule has 1 aliphatic rings. The Hall–Kier alpha value is -0.740. The van der Waals surface area contributed by atoms with Crippen LogP contribution < -0.4 is 10.2 Å². The van der Waals surface area contributed by atoms with E-state index in [1.54, 1.807) is 0 Å². The first-order valence-electron chi connectivity index (χ1n) is 6.68. The number of nitrogens with one attached hydrogen (secondary N) is 1. The molecule has 0 bridgehead atoms. The molecule has 0 spiro atoms. The van der Waals surface area contributed by atoms with Crippen LogP contribution in [-0.4, -0.2) is 36.6 Å². The molecule has 18 heavy (non-hydrogen) atoms. The molecule has 1 heterocycles. The van der Waals surface area contributed by atoms with E-state index in [4.69, 9.17) is 0 Å². The molecule has 1 fully saturated rings. The van der Waals surface area contributed by atoms with Gasteiger partial charge in [0.15, 0.2) is 0 Å². The second kappa shape index (κ2) is 7.00. The first kappa shape index (κ1) is 13.7. The molecule has 100 valence electrons. The molecule has 1 aromatic heterocycles. The lowest BCUT2D eigenvalue weighted by atomic mass is 10.2. The summed E-state index contributed by atoms with van der Waals surface area (Å²) in [6.45, 7) is 2.03. The summed E-state index contributed by atoms with van der Waals surface area (Å²) < 4.78 is 0. The maximum atomic E-state index is 4.53. The van der Waals surface area contributed by atoms with Crippen LogP contribution in [0.2, 0.25) is 0 Å². The highest BCUT2D eigenvalue weighted by molar-refractivity contribution is 7.98. The predicted molar refractivity (Wildman–Crippen MR) is 80.4 cm³/mol. The minimum absolute atomic E-state index is 0.763. The third-order valence-electron chi connectivity index (χ3n) is 3.21. The summed E-state index contributed by atoms with van der Waals surface area (Å²) in [6.07, 6.45) is 8.04. The Morgan fingerprint density at radius 1 is 1.44 bits per heavy atom. The SMILES string of the molecule is CSCCCN(C)c1ccc(CNC2CC2)cn1. The zero-order chi connectivity index (χ0) is 12.8. The predicted octanol–water partition coefficient (Wildman–Crippen LogP) is 2.52. The van der Waals surface area contributed by atoms with Gasteiger partial charge in [0.1, 0.15) is 5.82 Å². The Bertz CT molecular complexity index is 349. The van der Waals surface area contributed by atoms with Gasteiger partial charge in [-0.15, -0.1) is 0 Å². The smallest absolute Gasteiger partial charge is 0.128 e. The fourth-order valence-electron chi connectivity index (χ4n) is 1.86. The standard InChI is InChI=1S/C14H23N3S/c1-17(8-3-9-18-2)14-7-4-12(11-16-14)10-15-13-5-6-13/h4,7,11,13,15H,3,5-6,8-10H2,1-2H3. The molecule has 3 nitrogen and oxygen atoms in total. The monoisotopic (exact) mass is 265 g/mol. The molecule has 1 N–H and O–H groups in total. The first-order chi connectivity index (χ1) is 8.79. The Balaban J connectivity index is 1.77. The van der Waals surface area contributed by atoms with Gasteiger partial charge in [-0.1, -0.05) is 6.07 Å². The lowest BCUT2D eigenvalue weighted by Gasteiger charge is -2.18. The maximum absolute atomic E-state index is 4.53. The highest BCUT2D eigenvalue weighted by Crippen LogP contribution is 2.19. The van der Waals surface area contributed by atoms with E-state index in [-0.39, 0.29) is 0 Å². The van der Waals surface area contributed by atoms with Crippen LogP contribution in [-0.2, 0) is 6.54 Å². The van der Waals surface area contributed by atoms with Crippen molar-refractivity contribution in [1.82, 2.24) is 10.3 Å². The number of aromatic nitrogens is 1. The highest BCUT2D eigenvalue weighted by Gasteiger charge is 2.19. The van der Waals surface area contributed by atoms with Crippen molar-refractivity contribution < 1.29 is 0 Å². The van der Waals surface area contributed by atoms with Gasteiger partial charge in [0.2, 0.25) is 0 Å². The van der Waals surface area contributed by atoms with E-state index in [1.165, 1.54) is 30.6 Å². The molecule has 0 saturated heterocycles. The minimum atomic E-state index is 0.763. The van der Waals surface area contributed by atoms with Gasteiger partial charge in [0, 0.05) is 32.4 Å². The van der Waals surface area contributed by atoms with E-state index < -0.39 is 0 Å². The number of pyridine rings is 1. The topological polar surface area (TPSA) is 28.2 Å². The molecule has 1 aliphatic carbocycles. The van der Waals surface area contributed by atoms with Crippen molar-refractivity contribution in [2.45, 2.75) is 31.8 Å². The summed E-state index contributed by atoms with van der Waals surface area (Å²) in [6, 6.07) is 5.07. The normalized spacial score (nSPS) is 14.8. The van der Waals surface area contributed by atoms with E-state index in [2.05, 4.69) is 40.6 Å². The van der Waals surface area contributed by atoms with Gasteiger partial charge in [-0.25, -0.2) is 4.98 Å². The van der Waals surface area contributed by atoms with Crippen LogP contribution in [0.3, 0.4) is 0 Å². The van der Waals surface area contributed by atoms with E-state index in [0.717, 1.165) is 24.9 Å². The van der Waals surface area contributed by atoms with E-state index in [9.17, 15) is 0 Å². The molecule has 0 amide bonds. The zero-order valence-electron chi connectivity index (χ0n) is 11.4. The molecule has 0 atom stereocenters. The largest absolute Gasteiger partial charge is 0.360 e. The number of rotatable bonds is 8. The van der Waals surface area contributed by atoms with Crippen LogP contribution in [0.4, 0.5) is 5.82 Å². The highest BCUT2D eigenvalue weighted by atomic mass is 32.2. The molecular weight excluding hydrogens is 242 g/mol. The maximum Gasteiger partial charge on any atom is 0.128 e. The molecule has 1 saturated carbocycles. The van der Waals surface area contributed by atoms with Crippen LogP contribution in [0.5, 0.6) is 0 Å². The number of hydrogen-bond acceptors (Lipinski definition) is 4. The summed E-state index contributed by atoms with van der Waals surface area (Å²) in [7, 11) is 2.12. The second-order valence-electron chi connectivity index (χ2n) is 4.95. The summed E-state index contributed by atoms with van der Waals surface area (Å²) in [4.78, 5) is 6.77. The second-order valence-corrected chi connectivity index (χ2v) is 5.93. The van der Waals surface area contributed by atoms with Crippen molar-refractivity contribution in [3.63, 3.8) is 0 Å². The lowest BCUT2D eigenvalue weighted by Crippen LogP contribution is -2.20. The third kappa shape index (κ3) is 4.50. The van der Waals surface area contributed by atoms with Crippen molar-refractivity contribution in [3.8, 4) is 0 Å². The fourth-order valence-corrected chi connectivity index (χ4v) is 2.28. The van der Waals surface area contributed by atoms with Crippen molar-refractivity contribution in [3.05, 3.63) is 23.9 Å². The van der Waals surface area contributed by atoms with Crippen LogP contribution >= 0.6 is 11.8 Å². The van der Waals surface area contributed by atoms with Crippen LogP contribution in [0.15, 0.2) is 18.3 Å². The van der Waals surface area contributed by atoms with Crippen molar-refractivity contribution in [2.75, 3.05) is 30.5 Å². The third-order valence-corrected chi connectivity index (χ3v) is 3.91. The number of thioether (sulfide) groups is 1. The minimum Gasteiger partial charge on any atom is -0.360 e.